The van der Waals surface area contributed by atoms with Crippen LogP contribution < -0.4 is 16.4 Å². The number of carbonyl (C=O) groups excluding carboxylic acids is 2. The van der Waals surface area contributed by atoms with E-state index in [1.807, 2.05) is 13.8 Å². The molecule has 6 nitrogen and oxygen atoms in total. The Hall–Kier alpha value is -1.92. The minimum Gasteiger partial charge on any atom is -0.370 e. The molecule has 6 heteroatoms. The third kappa shape index (κ3) is 4.64. The van der Waals surface area contributed by atoms with Crippen LogP contribution in [0, 0.1) is 0 Å². The third-order valence-electron chi connectivity index (χ3n) is 2.63. The van der Waals surface area contributed by atoms with Gasteiger partial charge in [0.05, 0.1) is 0 Å². The summed E-state index contributed by atoms with van der Waals surface area (Å²) in [6.07, 6.45) is -0.682. The lowest BCUT2D eigenvalue weighted by molar-refractivity contribution is -0.125. The SMILES string of the molecule is COC(CN)C(=O)Nc1ccc(C(=O)NC(C)C)cc1. The first kappa shape index (κ1) is 16.1. The highest BCUT2D eigenvalue weighted by Crippen LogP contribution is 2.10. The number of ether oxygens (including phenoxy) is 1. The number of nitrogens with one attached hydrogen (secondary N) is 2. The zero-order valence-electron chi connectivity index (χ0n) is 12.0. The molecule has 0 bridgehead atoms. The van der Waals surface area contributed by atoms with Crippen LogP contribution in [-0.2, 0) is 9.53 Å². The molecule has 1 unspecified atom stereocenters. The van der Waals surface area contributed by atoms with Crippen molar-refractivity contribution in [1.82, 2.24) is 5.32 Å². The molecule has 0 aliphatic carbocycles. The first-order chi connectivity index (χ1) is 9.47. The van der Waals surface area contributed by atoms with Crippen LogP contribution in [0.15, 0.2) is 24.3 Å². The lowest BCUT2D eigenvalue weighted by Gasteiger charge is -2.13. The van der Waals surface area contributed by atoms with Gasteiger partial charge in [-0.15, -0.1) is 0 Å². The van der Waals surface area contributed by atoms with Gasteiger partial charge in [-0.2, -0.15) is 0 Å². The van der Waals surface area contributed by atoms with E-state index in [0.29, 0.717) is 11.3 Å². The van der Waals surface area contributed by atoms with Crippen LogP contribution >= 0.6 is 0 Å². The number of nitrogens with two attached hydrogens (primary N) is 1. The van der Waals surface area contributed by atoms with Gasteiger partial charge in [-0.1, -0.05) is 0 Å². The van der Waals surface area contributed by atoms with Gasteiger partial charge in [0, 0.05) is 30.9 Å². The minimum absolute atomic E-state index is 0.0777. The Morgan fingerprint density at radius 2 is 1.85 bits per heavy atom. The van der Waals surface area contributed by atoms with Gasteiger partial charge in [-0.05, 0) is 38.1 Å². The highest BCUT2D eigenvalue weighted by molar-refractivity contribution is 5.97. The van der Waals surface area contributed by atoms with E-state index < -0.39 is 6.10 Å². The Balaban J connectivity index is 2.67. The predicted molar refractivity (Wildman–Crippen MR) is 77.5 cm³/mol. The Morgan fingerprint density at radius 1 is 1.25 bits per heavy atom. The standard InChI is InChI=1S/C14H21N3O3/c1-9(2)16-13(18)10-4-6-11(7-5-10)17-14(19)12(8-15)20-3/h4-7,9,12H,8,15H2,1-3H3,(H,16,18)(H,17,19). The summed E-state index contributed by atoms with van der Waals surface area (Å²) in [5, 5.41) is 5.47. The van der Waals surface area contributed by atoms with Gasteiger partial charge >= 0.3 is 0 Å². The van der Waals surface area contributed by atoms with Crippen molar-refractivity contribution in [1.29, 1.82) is 0 Å². The molecular weight excluding hydrogens is 258 g/mol. The molecule has 20 heavy (non-hydrogen) atoms. The summed E-state index contributed by atoms with van der Waals surface area (Å²) >= 11 is 0. The minimum atomic E-state index is -0.682. The number of benzene rings is 1. The Labute approximate surface area is 118 Å². The van der Waals surface area contributed by atoms with Crippen LogP contribution in [-0.4, -0.2) is 37.6 Å². The fraction of sp³-hybridized carbons (Fsp3) is 0.429. The summed E-state index contributed by atoms with van der Waals surface area (Å²) in [5.41, 5.74) is 6.54. The zero-order chi connectivity index (χ0) is 15.1. The number of amides is 2. The molecule has 0 fully saturated rings. The largest absolute Gasteiger partial charge is 0.370 e. The first-order valence-electron chi connectivity index (χ1n) is 6.42. The molecule has 0 aliphatic heterocycles. The van der Waals surface area contributed by atoms with Gasteiger partial charge in [0.1, 0.15) is 6.10 Å². The Bertz CT molecular complexity index is 453. The van der Waals surface area contributed by atoms with E-state index in [2.05, 4.69) is 10.6 Å². The maximum Gasteiger partial charge on any atom is 0.254 e. The van der Waals surface area contributed by atoms with E-state index in [9.17, 15) is 9.59 Å². The van der Waals surface area contributed by atoms with E-state index in [1.165, 1.54) is 7.11 Å². The van der Waals surface area contributed by atoms with E-state index in [4.69, 9.17) is 10.5 Å². The molecule has 1 atom stereocenters. The van der Waals surface area contributed by atoms with E-state index in [0.717, 1.165) is 0 Å². The molecule has 0 radical (unpaired) electrons. The number of anilines is 1. The number of methoxy groups -OCH3 is 1. The first-order valence-corrected chi connectivity index (χ1v) is 6.42. The second-order valence-electron chi connectivity index (χ2n) is 4.65. The fourth-order valence-electron chi connectivity index (χ4n) is 1.58. The van der Waals surface area contributed by atoms with Gasteiger partial charge in [0.25, 0.3) is 11.8 Å². The topological polar surface area (TPSA) is 93.4 Å². The second-order valence-corrected chi connectivity index (χ2v) is 4.65. The summed E-state index contributed by atoms with van der Waals surface area (Å²) in [5.74, 6) is -0.455. The lowest BCUT2D eigenvalue weighted by atomic mass is 10.2. The Kier molecular flexibility index (Phi) is 6.14. The molecule has 0 aliphatic rings. The summed E-state index contributed by atoms with van der Waals surface area (Å²) in [6.45, 7) is 3.89. The molecule has 0 aromatic heterocycles. The number of hydrogen-bond donors (Lipinski definition) is 3. The van der Waals surface area contributed by atoms with Gasteiger partial charge in [0.15, 0.2) is 0 Å². The van der Waals surface area contributed by atoms with Crippen LogP contribution in [0.4, 0.5) is 5.69 Å². The van der Waals surface area contributed by atoms with Gasteiger partial charge in [-0.25, -0.2) is 0 Å². The van der Waals surface area contributed by atoms with Crippen molar-refractivity contribution in [3.8, 4) is 0 Å². The molecule has 0 saturated carbocycles. The van der Waals surface area contributed by atoms with Crippen LogP contribution in [0.2, 0.25) is 0 Å². The summed E-state index contributed by atoms with van der Waals surface area (Å²) < 4.78 is 4.94. The average Bonchev–Trinajstić information content (AvgIpc) is 2.40. The van der Waals surface area contributed by atoms with Crippen LogP contribution in [0.5, 0.6) is 0 Å². The number of rotatable bonds is 6. The van der Waals surface area contributed by atoms with Crippen molar-refractivity contribution in [2.24, 2.45) is 5.73 Å². The monoisotopic (exact) mass is 279 g/mol. The molecule has 0 saturated heterocycles. The summed E-state index contributed by atoms with van der Waals surface area (Å²) in [4.78, 5) is 23.5. The number of carbonyl (C=O) groups is 2. The molecule has 1 rings (SSSR count). The van der Waals surface area contributed by atoms with Crippen molar-refractivity contribution in [3.63, 3.8) is 0 Å². The lowest BCUT2D eigenvalue weighted by Crippen LogP contribution is -2.35. The van der Waals surface area contributed by atoms with Crippen molar-refractivity contribution in [3.05, 3.63) is 29.8 Å². The van der Waals surface area contributed by atoms with Crippen LogP contribution in [0.1, 0.15) is 24.2 Å². The van der Waals surface area contributed by atoms with Crippen molar-refractivity contribution in [2.45, 2.75) is 26.0 Å². The summed E-state index contributed by atoms with van der Waals surface area (Å²) in [7, 11) is 1.43. The second kappa shape index (κ2) is 7.62. The van der Waals surface area contributed by atoms with Crippen molar-refractivity contribution >= 4 is 17.5 Å². The van der Waals surface area contributed by atoms with Crippen LogP contribution in [0.3, 0.4) is 0 Å². The smallest absolute Gasteiger partial charge is 0.254 e. The van der Waals surface area contributed by atoms with Crippen molar-refractivity contribution in [2.75, 3.05) is 19.0 Å². The summed E-state index contributed by atoms with van der Waals surface area (Å²) in [6, 6.07) is 6.70. The maximum atomic E-state index is 11.8. The highest BCUT2D eigenvalue weighted by Gasteiger charge is 2.15. The highest BCUT2D eigenvalue weighted by atomic mass is 16.5. The molecule has 110 valence electrons. The molecule has 2 amide bonds. The quantitative estimate of drug-likeness (QED) is 0.716. The molecule has 0 spiro atoms. The average molecular weight is 279 g/mol. The van der Waals surface area contributed by atoms with E-state index in [1.54, 1.807) is 24.3 Å². The third-order valence-corrected chi connectivity index (χ3v) is 2.63. The molecular formula is C14H21N3O3. The predicted octanol–water partition coefficient (Wildman–Crippen LogP) is 0.737. The number of hydrogen-bond acceptors (Lipinski definition) is 4. The molecule has 4 N–H and O–H groups in total. The normalized spacial score (nSPS) is 12.1. The van der Waals surface area contributed by atoms with Crippen molar-refractivity contribution < 1.29 is 14.3 Å². The van der Waals surface area contributed by atoms with Gasteiger partial charge in [0.2, 0.25) is 0 Å². The Morgan fingerprint density at radius 3 is 2.30 bits per heavy atom. The van der Waals surface area contributed by atoms with Crippen LogP contribution in [0.25, 0.3) is 0 Å². The van der Waals surface area contributed by atoms with Gasteiger partial charge in [-0.3, -0.25) is 9.59 Å². The fourth-order valence-corrected chi connectivity index (χ4v) is 1.58. The molecule has 0 heterocycles. The molecule has 1 aromatic carbocycles. The molecule has 1 aromatic rings. The zero-order valence-corrected chi connectivity index (χ0v) is 12.0. The van der Waals surface area contributed by atoms with E-state index >= 15 is 0 Å². The van der Waals surface area contributed by atoms with E-state index in [-0.39, 0.29) is 24.4 Å². The van der Waals surface area contributed by atoms with Gasteiger partial charge < -0.3 is 21.1 Å². The maximum absolute atomic E-state index is 11.8.